The third-order valence-electron chi connectivity index (χ3n) is 3.66. The third kappa shape index (κ3) is 3.70. The molecular weight excluding hydrogens is 230 g/mol. The molecule has 0 saturated carbocycles. The molecule has 4 N–H and O–H groups in total. The van der Waals surface area contributed by atoms with Crippen LogP contribution < -0.4 is 11.5 Å². The first-order chi connectivity index (χ1) is 8.23. The summed E-state index contributed by atoms with van der Waals surface area (Å²) < 4.78 is 0. The molecule has 1 rings (SSSR count). The summed E-state index contributed by atoms with van der Waals surface area (Å²) in [4.78, 5) is 25.2. The summed E-state index contributed by atoms with van der Waals surface area (Å²) in [5.41, 5.74) is 11.2. The second-order valence-corrected chi connectivity index (χ2v) is 6.18. The minimum absolute atomic E-state index is 0.0547. The molecule has 104 valence electrons. The lowest BCUT2D eigenvalue weighted by Crippen LogP contribution is -2.52. The van der Waals surface area contributed by atoms with Crippen molar-refractivity contribution in [3.8, 4) is 0 Å². The van der Waals surface area contributed by atoms with Crippen molar-refractivity contribution in [2.75, 3.05) is 6.54 Å². The number of hydrogen-bond acceptors (Lipinski definition) is 3. The van der Waals surface area contributed by atoms with E-state index in [1.165, 1.54) is 0 Å². The Morgan fingerprint density at radius 2 is 1.94 bits per heavy atom. The minimum Gasteiger partial charge on any atom is -0.368 e. The highest BCUT2D eigenvalue weighted by Gasteiger charge is 2.33. The third-order valence-corrected chi connectivity index (χ3v) is 3.66. The lowest BCUT2D eigenvalue weighted by molar-refractivity contribution is -0.141. The van der Waals surface area contributed by atoms with E-state index in [-0.39, 0.29) is 23.8 Å². The number of nitrogens with zero attached hydrogens (tertiary/aromatic N) is 1. The van der Waals surface area contributed by atoms with Gasteiger partial charge >= 0.3 is 0 Å². The maximum atomic E-state index is 12.2. The number of hydrogen-bond donors (Lipinski definition) is 2. The molecule has 1 heterocycles. The normalized spacial score (nSPS) is 22.7. The molecule has 2 atom stereocenters. The fourth-order valence-corrected chi connectivity index (χ4v) is 2.14. The van der Waals surface area contributed by atoms with Crippen molar-refractivity contribution >= 4 is 11.8 Å². The number of amides is 2. The largest absolute Gasteiger partial charge is 0.368 e. The van der Waals surface area contributed by atoms with Gasteiger partial charge in [0.1, 0.15) is 6.04 Å². The molecule has 18 heavy (non-hydrogen) atoms. The van der Waals surface area contributed by atoms with E-state index in [1.807, 2.05) is 20.8 Å². The molecule has 1 fully saturated rings. The van der Waals surface area contributed by atoms with Crippen molar-refractivity contribution < 1.29 is 9.59 Å². The highest BCUT2D eigenvalue weighted by Crippen LogP contribution is 2.23. The first kappa shape index (κ1) is 15.0. The zero-order valence-electron chi connectivity index (χ0n) is 11.6. The SMILES string of the molecule is CC(C)(C)C(N)CC(=O)N1CCCCC1C(N)=O. The summed E-state index contributed by atoms with van der Waals surface area (Å²) in [6.07, 6.45) is 2.82. The van der Waals surface area contributed by atoms with Gasteiger partial charge in [-0.05, 0) is 24.7 Å². The predicted octanol–water partition coefficient (Wildman–Crippen LogP) is 0.616. The Labute approximate surface area is 109 Å². The molecular formula is C13H25N3O2. The average Bonchev–Trinajstić information content (AvgIpc) is 2.27. The van der Waals surface area contributed by atoms with E-state index in [0.717, 1.165) is 12.8 Å². The van der Waals surface area contributed by atoms with Gasteiger partial charge in [-0.3, -0.25) is 9.59 Å². The van der Waals surface area contributed by atoms with Gasteiger partial charge in [0.15, 0.2) is 0 Å². The van der Waals surface area contributed by atoms with E-state index < -0.39 is 11.9 Å². The van der Waals surface area contributed by atoms with Crippen LogP contribution in [0.15, 0.2) is 0 Å². The molecule has 0 aromatic carbocycles. The number of nitrogens with two attached hydrogens (primary N) is 2. The van der Waals surface area contributed by atoms with Crippen LogP contribution in [0.2, 0.25) is 0 Å². The van der Waals surface area contributed by atoms with Crippen molar-refractivity contribution in [2.24, 2.45) is 16.9 Å². The van der Waals surface area contributed by atoms with Gasteiger partial charge in [-0.1, -0.05) is 20.8 Å². The average molecular weight is 255 g/mol. The number of rotatable bonds is 3. The van der Waals surface area contributed by atoms with Crippen LogP contribution in [0.3, 0.4) is 0 Å². The summed E-state index contributed by atoms with van der Waals surface area (Å²) >= 11 is 0. The highest BCUT2D eigenvalue weighted by molar-refractivity contribution is 5.87. The summed E-state index contributed by atoms with van der Waals surface area (Å²) in [7, 11) is 0. The number of carbonyl (C=O) groups is 2. The second-order valence-electron chi connectivity index (χ2n) is 6.18. The smallest absolute Gasteiger partial charge is 0.240 e. The molecule has 0 radical (unpaired) electrons. The van der Waals surface area contributed by atoms with Gasteiger partial charge < -0.3 is 16.4 Å². The minimum atomic E-state index is -0.446. The van der Waals surface area contributed by atoms with Gasteiger partial charge in [0, 0.05) is 19.0 Å². The van der Waals surface area contributed by atoms with Crippen LogP contribution in [0.4, 0.5) is 0 Å². The Morgan fingerprint density at radius 1 is 1.33 bits per heavy atom. The van der Waals surface area contributed by atoms with Crippen molar-refractivity contribution in [3.05, 3.63) is 0 Å². The fourth-order valence-electron chi connectivity index (χ4n) is 2.14. The molecule has 5 heteroatoms. The molecule has 5 nitrogen and oxygen atoms in total. The number of likely N-dealkylation sites (tertiary alicyclic amines) is 1. The molecule has 2 unspecified atom stereocenters. The summed E-state index contributed by atoms with van der Waals surface area (Å²) in [6.45, 7) is 6.63. The molecule has 1 aliphatic heterocycles. The first-order valence-electron chi connectivity index (χ1n) is 6.58. The van der Waals surface area contributed by atoms with E-state index in [9.17, 15) is 9.59 Å². The monoisotopic (exact) mass is 255 g/mol. The summed E-state index contributed by atoms with van der Waals surface area (Å²) in [6, 6.07) is -0.654. The van der Waals surface area contributed by atoms with Gasteiger partial charge in [0.2, 0.25) is 11.8 Å². The topological polar surface area (TPSA) is 89.4 Å². The van der Waals surface area contributed by atoms with Gasteiger partial charge in [-0.25, -0.2) is 0 Å². The Bertz CT molecular complexity index is 323. The zero-order valence-corrected chi connectivity index (χ0v) is 11.6. The molecule has 1 aliphatic rings. The fraction of sp³-hybridized carbons (Fsp3) is 0.846. The lowest BCUT2D eigenvalue weighted by Gasteiger charge is -2.36. The number of piperidine rings is 1. The Balaban J connectivity index is 2.67. The Hall–Kier alpha value is -1.10. The van der Waals surface area contributed by atoms with Crippen LogP contribution in [-0.2, 0) is 9.59 Å². The Morgan fingerprint density at radius 3 is 2.44 bits per heavy atom. The maximum absolute atomic E-state index is 12.2. The van der Waals surface area contributed by atoms with Gasteiger partial charge in [0.05, 0.1) is 0 Å². The van der Waals surface area contributed by atoms with Crippen LogP contribution in [0.1, 0.15) is 46.5 Å². The van der Waals surface area contributed by atoms with Gasteiger partial charge in [0.25, 0.3) is 0 Å². The van der Waals surface area contributed by atoms with E-state index in [0.29, 0.717) is 13.0 Å². The molecule has 0 spiro atoms. The van der Waals surface area contributed by atoms with Crippen molar-refractivity contribution in [2.45, 2.75) is 58.5 Å². The second kappa shape index (κ2) is 5.69. The Kier molecular flexibility index (Phi) is 4.73. The van der Waals surface area contributed by atoms with Gasteiger partial charge in [-0.2, -0.15) is 0 Å². The zero-order chi connectivity index (χ0) is 13.9. The summed E-state index contributed by atoms with van der Waals surface area (Å²) in [5, 5.41) is 0. The molecule has 1 saturated heterocycles. The van der Waals surface area contributed by atoms with E-state index in [4.69, 9.17) is 11.5 Å². The van der Waals surface area contributed by atoms with Crippen molar-refractivity contribution in [1.29, 1.82) is 0 Å². The van der Waals surface area contributed by atoms with Crippen molar-refractivity contribution in [3.63, 3.8) is 0 Å². The van der Waals surface area contributed by atoms with Gasteiger partial charge in [-0.15, -0.1) is 0 Å². The molecule has 2 amide bonds. The molecule has 0 bridgehead atoms. The quantitative estimate of drug-likeness (QED) is 0.774. The van der Waals surface area contributed by atoms with E-state index in [1.54, 1.807) is 4.90 Å². The lowest BCUT2D eigenvalue weighted by atomic mass is 9.85. The van der Waals surface area contributed by atoms with Crippen LogP contribution >= 0.6 is 0 Å². The number of carbonyl (C=O) groups excluding carboxylic acids is 2. The molecule has 0 aromatic rings. The maximum Gasteiger partial charge on any atom is 0.240 e. The van der Waals surface area contributed by atoms with Crippen LogP contribution in [0.5, 0.6) is 0 Å². The van der Waals surface area contributed by atoms with Crippen LogP contribution in [0.25, 0.3) is 0 Å². The van der Waals surface area contributed by atoms with Crippen LogP contribution in [0, 0.1) is 5.41 Å². The molecule has 0 aromatic heterocycles. The standard InChI is InChI=1S/C13H25N3O2/c1-13(2,3)10(14)8-11(17)16-7-5-4-6-9(16)12(15)18/h9-10H,4-8,14H2,1-3H3,(H2,15,18). The van der Waals surface area contributed by atoms with Crippen molar-refractivity contribution in [1.82, 2.24) is 4.90 Å². The highest BCUT2D eigenvalue weighted by atomic mass is 16.2. The molecule has 0 aliphatic carbocycles. The van der Waals surface area contributed by atoms with E-state index >= 15 is 0 Å². The van der Waals surface area contributed by atoms with E-state index in [2.05, 4.69) is 0 Å². The predicted molar refractivity (Wildman–Crippen MR) is 70.6 cm³/mol. The van der Waals surface area contributed by atoms with Crippen LogP contribution in [-0.4, -0.2) is 35.3 Å². The first-order valence-corrected chi connectivity index (χ1v) is 6.58. The number of primary amides is 1. The summed E-state index contributed by atoms with van der Waals surface area (Å²) in [5.74, 6) is -0.465.